The molecule has 0 radical (unpaired) electrons. The number of fused-ring (bicyclic) bond motifs is 1. The first-order valence-corrected chi connectivity index (χ1v) is 12.6. The molecule has 0 unspecified atom stereocenters. The normalized spacial score (nSPS) is 24.1. The second kappa shape index (κ2) is 9.98. The van der Waals surface area contributed by atoms with Crippen LogP contribution in [0.25, 0.3) is 0 Å². The van der Waals surface area contributed by atoms with Crippen LogP contribution < -0.4 is 15.4 Å². The van der Waals surface area contributed by atoms with Crippen LogP contribution in [-0.2, 0) is 23.0 Å². The number of nitrogens with one attached hydrogen (secondary N) is 2. The molecule has 0 bridgehead atoms. The highest BCUT2D eigenvalue weighted by molar-refractivity contribution is 5.96. The van der Waals surface area contributed by atoms with E-state index < -0.39 is 23.2 Å². The Kier molecular flexibility index (Phi) is 6.89. The van der Waals surface area contributed by atoms with Gasteiger partial charge in [0.2, 0.25) is 5.91 Å². The summed E-state index contributed by atoms with van der Waals surface area (Å²) >= 11 is 0. The van der Waals surface area contributed by atoms with Crippen LogP contribution >= 0.6 is 0 Å². The van der Waals surface area contributed by atoms with Crippen LogP contribution in [0.4, 0.5) is 13.2 Å². The van der Waals surface area contributed by atoms with Gasteiger partial charge in [0.15, 0.2) is 0 Å². The average molecular weight is 518 g/mol. The average Bonchev–Trinajstić information content (AvgIpc) is 3.33. The number of hydrogen-bond acceptors (Lipinski definition) is 5. The number of nitrogens with zero attached hydrogens (tertiary/aromatic N) is 1. The Morgan fingerprint density at radius 2 is 1.86 bits per heavy atom. The molecule has 3 aliphatic rings. The fraction of sp³-hybridized carbons (Fsp3) is 0.481. The highest BCUT2D eigenvalue weighted by Gasteiger charge is 2.40. The number of carbonyl (C=O) groups excluding carboxylic acids is 2. The zero-order chi connectivity index (χ0) is 26.2. The largest absolute Gasteiger partial charge is 0.493 e. The second-order valence-electron chi connectivity index (χ2n) is 10.2. The molecule has 37 heavy (non-hydrogen) atoms. The maximum atomic E-state index is 12.8. The van der Waals surface area contributed by atoms with E-state index in [1.54, 1.807) is 0 Å². The number of likely N-dealkylation sites (tertiary alicyclic amines) is 1. The third-order valence-electron chi connectivity index (χ3n) is 7.67. The van der Waals surface area contributed by atoms with Crippen molar-refractivity contribution in [2.75, 3.05) is 26.2 Å². The van der Waals surface area contributed by atoms with Gasteiger partial charge in [-0.05, 0) is 61.1 Å². The quantitative estimate of drug-likeness (QED) is 0.548. The Hall–Kier alpha value is -3.11. The van der Waals surface area contributed by atoms with E-state index in [1.807, 2.05) is 18.2 Å². The van der Waals surface area contributed by atoms with E-state index in [-0.39, 0.29) is 24.1 Å². The standard InChI is InChI=1S/C27H30F3N3O4/c28-27(29,30)20-3-1-2-18(12-20)25(35)31-14-24(34)32-21-15-33(16-21)22-6-9-26(36,10-7-22)19-5-4-17-8-11-37-23(17)13-19/h1-5,12-13,21-22,36H,6-11,14-16H2,(H,31,35)(H,32,34)/t22-,26-. The Morgan fingerprint density at radius 3 is 2.59 bits per heavy atom. The van der Waals surface area contributed by atoms with E-state index in [1.165, 1.54) is 11.6 Å². The van der Waals surface area contributed by atoms with Gasteiger partial charge >= 0.3 is 6.18 Å². The van der Waals surface area contributed by atoms with E-state index >= 15 is 0 Å². The Bertz CT molecular complexity index is 1170. The third kappa shape index (κ3) is 5.60. The first kappa shape index (κ1) is 25.5. The smallest absolute Gasteiger partial charge is 0.416 e. The van der Waals surface area contributed by atoms with E-state index in [0.29, 0.717) is 38.6 Å². The topological polar surface area (TPSA) is 90.9 Å². The van der Waals surface area contributed by atoms with Crippen molar-refractivity contribution in [2.24, 2.45) is 0 Å². The number of carbonyl (C=O) groups is 2. The van der Waals surface area contributed by atoms with Crippen LogP contribution in [0, 0.1) is 0 Å². The van der Waals surface area contributed by atoms with E-state index in [0.717, 1.165) is 48.8 Å². The van der Waals surface area contributed by atoms with Gasteiger partial charge in [-0.1, -0.05) is 18.2 Å². The molecule has 10 heteroatoms. The number of ether oxygens (including phenoxy) is 1. The summed E-state index contributed by atoms with van der Waals surface area (Å²) in [5, 5.41) is 16.5. The van der Waals surface area contributed by atoms with Crippen LogP contribution in [0.5, 0.6) is 5.75 Å². The molecule has 7 nitrogen and oxygen atoms in total. The van der Waals surface area contributed by atoms with Crippen LogP contribution in [0.2, 0.25) is 0 Å². The zero-order valence-electron chi connectivity index (χ0n) is 20.3. The molecule has 2 heterocycles. The first-order chi connectivity index (χ1) is 17.6. The van der Waals surface area contributed by atoms with Gasteiger partial charge in [-0.25, -0.2) is 0 Å². The molecule has 0 spiro atoms. The van der Waals surface area contributed by atoms with Gasteiger partial charge in [0.05, 0.1) is 30.4 Å². The predicted molar refractivity (Wildman–Crippen MR) is 129 cm³/mol. The molecule has 1 aliphatic carbocycles. The third-order valence-corrected chi connectivity index (χ3v) is 7.67. The summed E-state index contributed by atoms with van der Waals surface area (Å²) in [5.74, 6) is -0.247. The maximum Gasteiger partial charge on any atom is 0.416 e. The van der Waals surface area contributed by atoms with Gasteiger partial charge in [-0.15, -0.1) is 0 Å². The number of halogens is 3. The Balaban J connectivity index is 1.04. The number of hydrogen-bond donors (Lipinski definition) is 3. The van der Waals surface area contributed by atoms with Crippen LogP contribution in [0.1, 0.15) is 52.7 Å². The summed E-state index contributed by atoms with van der Waals surface area (Å²) in [6.45, 7) is 1.74. The van der Waals surface area contributed by atoms with Crippen LogP contribution in [0.15, 0.2) is 42.5 Å². The molecular weight excluding hydrogens is 487 g/mol. The van der Waals surface area contributed by atoms with Crippen molar-refractivity contribution in [3.63, 3.8) is 0 Å². The molecule has 198 valence electrons. The van der Waals surface area contributed by atoms with Crippen molar-refractivity contribution in [1.82, 2.24) is 15.5 Å². The number of benzene rings is 2. The van der Waals surface area contributed by atoms with Crippen LogP contribution in [0.3, 0.4) is 0 Å². The molecule has 0 aromatic heterocycles. The Morgan fingerprint density at radius 1 is 1.11 bits per heavy atom. The summed E-state index contributed by atoms with van der Waals surface area (Å²) in [7, 11) is 0. The highest BCUT2D eigenvalue weighted by Crippen LogP contribution is 2.41. The number of aliphatic hydroxyl groups is 1. The molecule has 0 atom stereocenters. The maximum absolute atomic E-state index is 12.8. The molecular formula is C27H30F3N3O4. The first-order valence-electron chi connectivity index (χ1n) is 12.6. The van der Waals surface area contributed by atoms with Gasteiger partial charge in [0.1, 0.15) is 5.75 Å². The molecule has 3 N–H and O–H groups in total. The molecule has 2 aliphatic heterocycles. The lowest BCUT2D eigenvalue weighted by Crippen LogP contribution is -2.63. The number of rotatable bonds is 6. The van der Waals surface area contributed by atoms with Gasteiger partial charge < -0.3 is 20.5 Å². The number of amides is 2. The second-order valence-corrected chi connectivity index (χ2v) is 10.2. The fourth-order valence-corrected chi connectivity index (χ4v) is 5.47. The minimum Gasteiger partial charge on any atom is -0.493 e. The molecule has 2 amide bonds. The molecule has 2 fully saturated rings. The molecule has 2 aromatic carbocycles. The van der Waals surface area contributed by atoms with Gasteiger partial charge in [-0.3, -0.25) is 14.5 Å². The van der Waals surface area contributed by atoms with Crippen molar-refractivity contribution in [3.05, 3.63) is 64.7 Å². The van der Waals surface area contributed by atoms with Crippen molar-refractivity contribution in [3.8, 4) is 5.75 Å². The summed E-state index contributed by atoms with van der Waals surface area (Å²) in [6.07, 6.45) is -0.621. The lowest BCUT2D eigenvalue weighted by atomic mass is 9.76. The van der Waals surface area contributed by atoms with Crippen LogP contribution in [-0.4, -0.2) is 60.1 Å². The molecule has 5 rings (SSSR count). The van der Waals surface area contributed by atoms with Gasteiger partial charge in [-0.2, -0.15) is 13.2 Å². The van der Waals surface area contributed by atoms with E-state index in [2.05, 4.69) is 15.5 Å². The highest BCUT2D eigenvalue weighted by atomic mass is 19.4. The SMILES string of the molecule is O=C(CNC(=O)c1cccc(C(F)(F)F)c1)NC1CN([C@H]2CC[C@@](O)(c3ccc4c(c3)OCC4)CC2)C1. The van der Waals surface area contributed by atoms with Gasteiger partial charge in [0.25, 0.3) is 5.91 Å². The van der Waals surface area contributed by atoms with E-state index in [4.69, 9.17) is 4.74 Å². The summed E-state index contributed by atoms with van der Waals surface area (Å²) in [6, 6.07) is 10.4. The lowest BCUT2D eigenvalue weighted by Gasteiger charge is -2.48. The van der Waals surface area contributed by atoms with Crippen molar-refractivity contribution in [2.45, 2.75) is 56.0 Å². The predicted octanol–water partition coefficient (Wildman–Crippen LogP) is 3.00. The number of alkyl halides is 3. The van der Waals surface area contributed by atoms with Gasteiger partial charge in [0, 0.05) is 31.1 Å². The van der Waals surface area contributed by atoms with Crippen molar-refractivity contribution >= 4 is 11.8 Å². The Labute approximate surface area is 213 Å². The zero-order valence-corrected chi connectivity index (χ0v) is 20.3. The van der Waals surface area contributed by atoms with Crippen molar-refractivity contribution in [1.29, 1.82) is 0 Å². The summed E-state index contributed by atoms with van der Waals surface area (Å²) < 4.78 is 44.2. The lowest BCUT2D eigenvalue weighted by molar-refractivity contribution is -0.137. The monoisotopic (exact) mass is 517 g/mol. The summed E-state index contributed by atoms with van der Waals surface area (Å²) in [5.41, 5.74) is 0.175. The van der Waals surface area contributed by atoms with Crippen molar-refractivity contribution < 1.29 is 32.6 Å². The molecule has 1 saturated carbocycles. The minimum atomic E-state index is -4.54. The molecule has 1 saturated heterocycles. The summed E-state index contributed by atoms with van der Waals surface area (Å²) in [4.78, 5) is 26.7. The minimum absolute atomic E-state index is 0.0485. The molecule has 2 aromatic rings. The fourth-order valence-electron chi connectivity index (χ4n) is 5.47. The van der Waals surface area contributed by atoms with E-state index in [9.17, 15) is 27.9 Å².